The Labute approximate surface area is 156 Å². The molecule has 0 unspecified atom stereocenters. The van der Waals surface area contributed by atoms with Crippen LogP contribution in [-0.2, 0) is 25.6 Å². The molecule has 2 atom stereocenters. The maximum Gasteiger partial charge on any atom is 0.323 e. The van der Waals surface area contributed by atoms with Crippen LogP contribution in [0.3, 0.4) is 0 Å². The van der Waals surface area contributed by atoms with Crippen molar-refractivity contribution in [1.29, 1.82) is 0 Å². The molecule has 0 spiro atoms. The number of hydrogen-bond acceptors (Lipinski definition) is 5. The Morgan fingerprint density at radius 3 is 2.38 bits per heavy atom. The molecule has 1 saturated heterocycles. The predicted octanol–water partition coefficient (Wildman–Crippen LogP) is 3.70. The summed E-state index contributed by atoms with van der Waals surface area (Å²) in [6, 6.07) is 9.67. The molecule has 5 nitrogen and oxygen atoms in total. The van der Waals surface area contributed by atoms with Gasteiger partial charge >= 0.3 is 11.9 Å². The third-order valence-corrected chi connectivity index (χ3v) is 4.30. The van der Waals surface area contributed by atoms with E-state index in [1.54, 1.807) is 0 Å². The van der Waals surface area contributed by atoms with Crippen LogP contribution in [0.4, 0.5) is 0 Å². The molecule has 1 aliphatic rings. The first-order valence-electron chi connectivity index (χ1n) is 9.37. The van der Waals surface area contributed by atoms with E-state index < -0.39 is 5.60 Å². The first-order chi connectivity index (χ1) is 12.2. The Hall–Kier alpha value is -1.88. The van der Waals surface area contributed by atoms with Crippen LogP contribution in [0.15, 0.2) is 30.3 Å². The van der Waals surface area contributed by atoms with Gasteiger partial charge < -0.3 is 9.47 Å². The number of esters is 2. The van der Waals surface area contributed by atoms with Gasteiger partial charge in [-0.15, -0.1) is 0 Å². The molecule has 2 rings (SSSR count). The van der Waals surface area contributed by atoms with Gasteiger partial charge in [0.2, 0.25) is 0 Å². The van der Waals surface area contributed by atoms with Gasteiger partial charge in [0.1, 0.15) is 11.6 Å². The summed E-state index contributed by atoms with van der Waals surface area (Å²) in [5.41, 5.74) is 0.613. The van der Waals surface area contributed by atoms with Crippen LogP contribution in [-0.4, -0.2) is 40.6 Å². The molecule has 26 heavy (non-hydrogen) atoms. The number of carbonyl (C=O) groups excluding carboxylic acids is 2. The zero-order valence-electron chi connectivity index (χ0n) is 16.5. The molecular weight excluding hydrogens is 330 g/mol. The zero-order valence-corrected chi connectivity index (χ0v) is 16.5. The second-order valence-corrected chi connectivity index (χ2v) is 8.18. The number of benzene rings is 1. The molecule has 1 heterocycles. The average molecular weight is 361 g/mol. The monoisotopic (exact) mass is 361 g/mol. The average Bonchev–Trinajstić information content (AvgIpc) is 2.88. The smallest absolute Gasteiger partial charge is 0.323 e. The Bertz CT molecular complexity index is 606. The van der Waals surface area contributed by atoms with Crippen molar-refractivity contribution in [2.75, 3.05) is 0 Å². The Morgan fingerprint density at radius 1 is 1.15 bits per heavy atom. The predicted molar refractivity (Wildman–Crippen MR) is 100 cm³/mol. The van der Waals surface area contributed by atoms with Crippen LogP contribution in [0.25, 0.3) is 0 Å². The van der Waals surface area contributed by atoms with Crippen molar-refractivity contribution in [2.45, 2.75) is 84.2 Å². The van der Waals surface area contributed by atoms with Crippen molar-refractivity contribution < 1.29 is 19.1 Å². The molecule has 5 heteroatoms. The van der Waals surface area contributed by atoms with E-state index in [-0.39, 0.29) is 36.5 Å². The van der Waals surface area contributed by atoms with E-state index >= 15 is 0 Å². The zero-order chi connectivity index (χ0) is 19.3. The van der Waals surface area contributed by atoms with Crippen LogP contribution in [0.5, 0.6) is 0 Å². The van der Waals surface area contributed by atoms with Crippen molar-refractivity contribution in [3.8, 4) is 0 Å². The first kappa shape index (κ1) is 20.4. The van der Waals surface area contributed by atoms with E-state index in [0.29, 0.717) is 13.0 Å². The molecule has 0 N–H and O–H groups in total. The second kappa shape index (κ2) is 8.67. The highest BCUT2D eigenvalue weighted by atomic mass is 16.6. The van der Waals surface area contributed by atoms with E-state index in [1.807, 2.05) is 65.0 Å². The number of ether oxygens (including phenoxy) is 2. The molecule has 144 valence electrons. The van der Waals surface area contributed by atoms with Gasteiger partial charge in [-0.05, 0) is 53.0 Å². The maximum absolute atomic E-state index is 12.5. The number of likely N-dealkylation sites (tertiary alicyclic amines) is 1. The van der Waals surface area contributed by atoms with Gasteiger partial charge in [-0.25, -0.2) is 0 Å². The lowest BCUT2D eigenvalue weighted by atomic mass is 10.1. The lowest BCUT2D eigenvalue weighted by Gasteiger charge is -2.30. The molecule has 1 aliphatic heterocycles. The molecule has 0 radical (unpaired) electrons. The number of hydrogen-bond donors (Lipinski definition) is 0. The van der Waals surface area contributed by atoms with Crippen molar-refractivity contribution in [3.63, 3.8) is 0 Å². The number of carbonyl (C=O) groups is 2. The van der Waals surface area contributed by atoms with Gasteiger partial charge in [0.15, 0.2) is 0 Å². The summed E-state index contributed by atoms with van der Waals surface area (Å²) >= 11 is 0. The molecule has 0 aromatic heterocycles. The van der Waals surface area contributed by atoms with Gasteiger partial charge in [0.25, 0.3) is 0 Å². The third kappa shape index (κ3) is 6.13. The summed E-state index contributed by atoms with van der Waals surface area (Å²) in [7, 11) is 0. The molecule has 0 aliphatic carbocycles. The van der Waals surface area contributed by atoms with Crippen LogP contribution < -0.4 is 0 Å². The van der Waals surface area contributed by atoms with E-state index in [4.69, 9.17) is 9.47 Å². The van der Waals surface area contributed by atoms with E-state index in [2.05, 4.69) is 4.90 Å². The lowest BCUT2D eigenvalue weighted by molar-refractivity contribution is -0.159. The highest BCUT2D eigenvalue weighted by molar-refractivity contribution is 5.77. The van der Waals surface area contributed by atoms with Crippen molar-refractivity contribution in [2.24, 2.45) is 0 Å². The molecule has 1 aromatic carbocycles. The topological polar surface area (TPSA) is 55.8 Å². The minimum Gasteiger partial charge on any atom is -0.462 e. The normalized spacial score (nSPS) is 21.0. The summed E-state index contributed by atoms with van der Waals surface area (Å²) < 4.78 is 10.9. The summed E-state index contributed by atoms with van der Waals surface area (Å²) in [6.45, 7) is 9.92. The van der Waals surface area contributed by atoms with Crippen LogP contribution in [0.2, 0.25) is 0 Å². The summed E-state index contributed by atoms with van der Waals surface area (Å²) in [5.74, 6) is -0.430. The van der Waals surface area contributed by atoms with Crippen LogP contribution >= 0.6 is 0 Å². The third-order valence-electron chi connectivity index (χ3n) is 4.30. The molecular formula is C21H31NO4. The highest BCUT2D eigenvalue weighted by Gasteiger charge is 2.40. The second-order valence-electron chi connectivity index (χ2n) is 8.18. The number of nitrogens with zero attached hydrogens (tertiary/aromatic N) is 1. The molecule has 1 aromatic rings. The fourth-order valence-corrected chi connectivity index (χ4v) is 3.33. The Morgan fingerprint density at radius 2 is 1.81 bits per heavy atom. The van der Waals surface area contributed by atoms with Crippen molar-refractivity contribution in [3.05, 3.63) is 35.9 Å². The van der Waals surface area contributed by atoms with Gasteiger partial charge in [-0.1, -0.05) is 30.3 Å². The van der Waals surface area contributed by atoms with Gasteiger partial charge in [-0.3, -0.25) is 14.5 Å². The highest BCUT2D eigenvalue weighted by Crippen LogP contribution is 2.30. The van der Waals surface area contributed by atoms with Gasteiger partial charge in [0, 0.05) is 12.6 Å². The lowest BCUT2D eigenvalue weighted by Crippen LogP contribution is -2.43. The first-order valence-corrected chi connectivity index (χ1v) is 9.37. The minimum atomic E-state index is -0.504. The quantitative estimate of drug-likeness (QED) is 0.723. The number of rotatable bonds is 6. The molecule has 0 amide bonds. The molecule has 1 fully saturated rings. The summed E-state index contributed by atoms with van der Waals surface area (Å²) in [4.78, 5) is 26.9. The van der Waals surface area contributed by atoms with Crippen LogP contribution in [0.1, 0.15) is 59.4 Å². The van der Waals surface area contributed by atoms with Gasteiger partial charge in [0.05, 0.1) is 12.5 Å². The fraction of sp³-hybridized carbons (Fsp3) is 0.619. The standard InChI is InChI=1S/C21H31NO4/c1-15(2)25-20(24)18-12-11-17(13-19(23)26-21(3,4)5)22(18)14-16-9-7-6-8-10-16/h6-10,15,17-18H,11-14H2,1-5H3/t17-,18+/m1/s1. The van der Waals surface area contributed by atoms with E-state index in [0.717, 1.165) is 12.0 Å². The van der Waals surface area contributed by atoms with E-state index in [9.17, 15) is 9.59 Å². The largest absolute Gasteiger partial charge is 0.462 e. The Balaban J connectivity index is 2.12. The fourth-order valence-electron chi connectivity index (χ4n) is 3.33. The van der Waals surface area contributed by atoms with Crippen molar-refractivity contribution >= 4 is 11.9 Å². The Kier molecular flexibility index (Phi) is 6.81. The maximum atomic E-state index is 12.5. The van der Waals surface area contributed by atoms with E-state index in [1.165, 1.54) is 0 Å². The summed E-state index contributed by atoms with van der Waals surface area (Å²) in [6.07, 6.45) is 1.62. The molecule has 0 saturated carbocycles. The summed E-state index contributed by atoms with van der Waals surface area (Å²) in [5, 5.41) is 0. The van der Waals surface area contributed by atoms with Crippen molar-refractivity contribution in [1.82, 2.24) is 4.90 Å². The van der Waals surface area contributed by atoms with Crippen LogP contribution in [0, 0.1) is 0 Å². The minimum absolute atomic E-state index is 0.0187. The SMILES string of the molecule is CC(C)OC(=O)[C@@H]1CC[C@H](CC(=O)OC(C)(C)C)N1Cc1ccccc1. The van der Waals surface area contributed by atoms with Gasteiger partial charge in [-0.2, -0.15) is 0 Å². The molecule has 0 bridgehead atoms.